The van der Waals surface area contributed by atoms with Crippen molar-refractivity contribution < 1.29 is 9.53 Å². The maximum Gasteiger partial charge on any atom is 0.255 e. The summed E-state index contributed by atoms with van der Waals surface area (Å²) >= 11 is 0. The molecular formula is C29H28N8O2. The van der Waals surface area contributed by atoms with E-state index in [1.165, 1.54) is 5.56 Å². The van der Waals surface area contributed by atoms with Crippen molar-refractivity contribution in [2.75, 3.05) is 42.7 Å². The number of nitrogens with two attached hydrogens (primary N) is 1. The van der Waals surface area contributed by atoms with Gasteiger partial charge in [-0.25, -0.2) is 15.0 Å². The number of benzene rings is 2. The Morgan fingerprint density at radius 1 is 1.00 bits per heavy atom. The van der Waals surface area contributed by atoms with Gasteiger partial charge in [0.1, 0.15) is 5.65 Å². The van der Waals surface area contributed by atoms with Gasteiger partial charge in [-0.15, -0.1) is 0 Å². The molecule has 4 heterocycles. The molecule has 0 radical (unpaired) electrons. The van der Waals surface area contributed by atoms with Crippen molar-refractivity contribution in [3.63, 3.8) is 0 Å². The average molecular weight is 521 g/mol. The zero-order valence-electron chi connectivity index (χ0n) is 21.2. The van der Waals surface area contributed by atoms with Gasteiger partial charge in [0.05, 0.1) is 42.2 Å². The van der Waals surface area contributed by atoms with Crippen molar-refractivity contribution in [2.24, 2.45) is 0 Å². The lowest BCUT2D eigenvalue weighted by atomic mass is 10.2. The number of rotatable bonds is 7. The maximum atomic E-state index is 12.6. The molecule has 0 saturated carbocycles. The van der Waals surface area contributed by atoms with E-state index in [2.05, 4.69) is 37.6 Å². The van der Waals surface area contributed by atoms with Crippen LogP contribution in [-0.4, -0.2) is 56.5 Å². The summed E-state index contributed by atoms with van der Waals surface area (Å²) in [7, 11) is 0. The molecule has 1 aliphatic rings. The molecule has 2 aromatic carbocycles. The Morgan fingerprint density at radius 3 is 2.64 bits per heavy atom. The van der Waals surface area contributed by atoms with E-state index in [1.807, 2.05) is 47.1 Å². The topological polar surface area (TPSA) is 123 Å². The minimum Gasteiger partial charge on any atom is -0.397 e. The van der Waals surface area contributed by atoms with Crippen LogP contribution in [0.5, 0.6) is 0 Å². The van der Waals surface area contributed by atoms with Crippen LogP contribution in [0.15, 0.2) is 85.3 Å². The number of nitrogen functional groups attached to an aromatic ring is 1. The Bertz CT molecular complexity index is 1610. The lowest BCUT2D eigenvalue weighted by Crippen LogP contribution is -2.35. The highest BCUT2D eigenvalue weighted by Crippen LogP contribution is 2.23. The Balaban J connectivity index is 1.15. The van der Waals surface area contributed by atoms with Crippen LogP contribution in [0.3, 0.4) is 0 Å². The number of para-hydroxylation sites is 2. The van der Waals surface area contributed by atoms with Gasteiger partial charge in [-0.2, -0.15) is 0 Å². The predicted molar refractivity (Wildman–Crippen MR) is 151 cm³/mol. The lowest BCUT2D eigenvalue weighted by Gasteiger charge is -2.26. The van der Waals surface area contributed by atoms with Crippen LogP contribution in [0.4, 0.5) is 23.0 Å². The molecule has 0 bridgehead atoms. The minimum atomic E-state index is -0.238. The molecule has 0 unspecified atom stereocenters. The zero-order valence-corrected chi connectivity index (χ0v) is 21.2. The Kier molecular flexibility index (Phi) is 6.86. The molecule has 39 heavy (non-hydrogen) atoms. The molecule has 1 amide bonds. The molecular weight excluding hydrogens is 492 g/mol. The number of imidazole rings is 1. The van der Waals surface area contributed by atoms with E-state index in [1.54, 1.807) is 30.5 Å². The van der Waals surface area contributed by atoms with Crippen LogP contribution in [0.25, 0.3) is 17.0 Å². The second-order valence-corrected chi connectivity index (χ2v) is 9.30. The Labute approximate surface area is 225 Å². The lowest BCUT2D eigenvalue weighted by molar-refractivity contribution is 0.0342. The van der Waals surface area contributed by atoms with Crippen LogP contribution in [0.2, 0.25) is 0 Å². The quantitative estimate of drug-likeness (QED) is 0.273. The molecule has 0 atom stereocenters. The fourth-order valence-corrected chi connectivity index (χ4v) is 4.53. The van der Waals surface area contributed by atoms with Crippen molar-refractivity contribution in [1.29, 1.82) is 0 Å². The number of nitrogens with zero attached hydrogens (tertiary/aromatic N) is 5. The Morgan fingerprint density at radius 2 is 1.82 bits per heavy atom. The molecule has 10 heteroatoms. The molecule has 0 spiro atoms. The largest absolute Gasteiger partial charge is 0.397 e. The first-order valence-corrected chi connectivity index (χ1v) is 12.7. The highest BCUT2D eigenvalue weighted by molar-refractivity contribution is 6.05. The average Bonchev–Trinajstić information content (AvgIpc) is 3.39. The summed E-state index contributed by atoms with van der Waals surface area (Å²) in [6.07, 6.45) is 5.57. The second-order valence-electron chi connectivity index (χ2n) is 9.30. The molecule has 0 aliphatic carbocycles. The SMILES string of the molecule is Nc1ccccc1NC(=O)c1ccc(Nc2nccc(-c3cnc4cc(CN5CCOCC5)ccn34)n2)cc1. The summed E-state index contributed by atoms with van der Waals surface area (Å²) < 4.78 is 7.48. The van der Waals surface area contributed by atoms with Crippen LogP contribution in [0, 0.1) is 0 Å². The number of hydrogen-bond acceptors (Lipinski definition) is 8. The molecule has 6 rings (SSSR count). The van der Waals surface area contributed by atoms with Crippen LogP contribution in [-0.2, 0) is 11.3 Å². The van der Waals surface area contributed by atoms with Crippen molar-refractivity contribution in [1.82, 2.24) is 24.3 Å². The number of morpholine rings is 1. The number of amides is 1. The molecule has 3 aromatic heterocycles. The summed E-state index contributed by atoms with van der Waals surface area (Å²) in [6.45, 7) is 4.33. The number of anilines is 4. The normalized spacial score (nSPS) is 13.8. The van der Waals surface area contributed by atoms with Crippen molar-refractivity contribution in [3.05, 3.63) is 96.4 Å². The number of aromatic nitrogens is 4. The van der Waals surface area contributed by atoms with E-state index in [0.29, 0.717) is 22.9 Å². The summed E-state index contributed by atoms with van der Waals surface area (Å²) in [4.78, 5) is 28.7. The van der Waals surface area contributed by atoms with Crippen LogP contribution >= 0.6 is 0 Å². The number of carbonyl (C=O) groups excluding carboxylic acids is 1. The van der Waals surface area contributed by atoms with Crippen molar-refractivity contribution in [2.45, 2.75) is 6.54 Å². The summed E-state index contributed by atoms with van der Waals surface area (Å²) in [6, 6.07) is 20.3. The molecule has 1 aliphatic heterocycles. The molecule has 10 nitrogen and oxygen atoms in total. The summed E-state index contributed by atoms with van der Waals surface area (Å²) in [5.41, 5.74) is 12.0. The molecule has 4 N–H and O–H groups in total. The number of hydrogen-bond donors (Lipinski definition) is 3. The fourth-order valence-electron chi connectivity index (χ4n) is 4.53. The van der Waals surface area contributed by atoms with Gasteiger partial charge in [0.2, 0.25) is 5.95 Å². The van der Waals surface area contributed by atoms with E-state index < -0.39 is 0 Å². The molecule has 1 saturated heterocycles. The van der Waals surface area contributed by atoms with E-state index in [-0.39, 0.29) is 5.91 Å². The smallest absolute Gasteiger partial charge is 0.255 e. The summed E-state index contributed by atoms with van der Waals surface area (Å²) in [5.74, 6) is 0.207. The van der Waals surface area contributed by atoms with Gasteiger partial charge in [0.25, 0.3) is 5.91 Å². The van der Waals surface area contributed by atoms with Gasteiger partial charge in [0, 0.05) is 43.3 Å². The van der Waals surface area contributed by atoms with Crippen LogP contribution < -0.4 is 16.4 Å². The number of fused-ring (bicyclic) bond motifs is 1. The van der Waals surface area contributed by atoms with Gasteiger partial charge in [-0.1, -0.05) is 12.1 Å². The first kappa shape index (κ1) is 24.5. The highest BCUT2D eigenvalue weighted by atomic mass is 16.5. The summed E-state index contributed by atoms with van der Waals surface area (Å²) in [5, 5.41) is 6.05. The third kappa shape index (κ3) is 5.57. The third-order valence-electron chi connectivity index (χ3n) is 6.62. The third-order valence-corrected chi connectivity index (χ3v) is 6.62. The van der Waals surface area contributed by atoms with Crippen LogP contribution in [0.1, 0.15) is 15.9 Å². The number of pyridine rings is 1. The first-order valence-electron chi connectivity index (χ1n) is 12.7. The van der Waals surface area contributed by atoms with Gasteiger partial charge in [-0.05, 0) is 60.2 Å². The van der Waals surface area contributed by atoms with Gasteiger partial charge in [-0.3, -0.25) is 14.1 Å². The van der Waals surface area contributed by atoms with E-state index in [9.17, 15) is 4.79 Å². The molecule has 196 valence electrons. The monoisotopic (exact) mass is 520 g/mol. The maximum absolute atomic E-state index is 12.6. The van der Waals surface area contributed by atoms with E-state index >= 15 is 0 Å². The van der Waals surface area contributed by atoms with E-state index in [4.69, 9.17) is 15.5 Å². The van der Waals surface area contributed by atoms with Crippen molar-refractivity contribution in [3.8, 4) is 11.4 Å². The number of ether oxygens (including phenoxy) is 1. The number of carbonyl (C=O) groups is 1. The predicted octanol–water partition coefficient (Wildman–Crippen LogP) is 4.20. The Hall–Kier alpha value is -4.80. The highest BCUT2D eigenvalue weighted by Gasteiger charge is 2.14. The standard InChI is InChI=1S/C29H28N8O2/c30-23-3-1-2-4-24(23)34-28(38)21-5-7-22(8-6-21)33-29-31-11-9-25(35-29)26-18-32-27-17-20(10-12-37(26)27)19-36-13-15-39-16-14-36/h1-12,17-18H,13-16,19,30H2,(H,34,38)(H,31,33,35). The number of nitrogens with one attached hydrogen (secondary N) is 2. The van der Waals surface area contributed by atoms with Crippen molar-refractivity contribution >= 4 is 34.6 Å². The second kappa shape index (κ2) is 10.9. The molecule has 1 fully saturated rings. The minimum absolute atomic E-state index is 0.238. The van der Waals surface area contributed by atoms with Gasteiger partial charge >= 0.3 is 0 Å². The fraction of sp³-hybridized carbons (Fsp3) is 0.172. The van der Waals surface area contributed by atoms with Gasteiger partial charge < -0.3 is 21.1 Å². The molecule has 5 aromatic rings. The first-order chi connectivity index (χ1) is 19.1. The van der Waals surface area contributed by atoms with E-state index in [0.717, 1.165) is 55.6 Å². The van der Waals surface area contributed by atoms with Gasteiger partial charge in [0.15, 0.2) is 0 Å². The zero-order chi connectivity index (χ0) is 26.6.